The molecular formula is C25H30N6O6. The number of fused-ring (bicyclic) bond motifs is 1. The second kappa shape index (κ2) is 10.9. The van der Waals surface area contributed by atoms with Crippen LogP contribution in [0, 0.1) is 0 Å². The molecule has 0 radical (unpaired) electrons. The number of aliphatic hydroxyl groups excluding tert-OH is 2. The number of aliphatic hydroxyl groups is 2. The monoisotopic (exact) mass is 510 g/mol. The molecule has 196 valence electrons. The molecule has 0 bridgehead atoms. The van der Waals surface area contributed by atoms with Gasteiger partial charge in [0, 0.05) is 19.7 Å². The van der Waals surface area contributed by atoms with E-state index >= 15 is 0 Å². The summed E-state index contributed by atoms with van der Waals surface area (Å²) in [5, 5.41) is 33.9. The Kier molecular flexibility index (Phi) is 7.71. The molecular weight excluding hydrogens is 480 g/mol. The molecule has 3 aromatic rings. The van der Waals surface area contributed by atoms with Crippen LogP contribution in [0.2, 0.25) is 0 Å². The van der Waals surface area contributed by atoms with Gasteiger partial charge in [-0.25, -0.2) is 15.0 Å². The zero-order valence-corrected chi connectivity index (χ0v) is 20.8. The van der Waals surface area contributed by atoms with Crippen molar-refractivity contribution in [1.82, 2.24) is 24.8 Å². The fraction of sp³-hybridized carbons (Fsp3) is 0.360. The molecule has 12 heteroatoms. The summed E-state index contributed by atoms with van der Waals surface area (Å²) < 4.78 is 12.8. The lowest BCUT2D eigenvalue weighted by Gasteiger charge is -2.21. The van der Waals surface area contributed by atoms with Gasteiger partial charge < -0.3 is 35.0 Å². The first-order chi connectivity index (χ1) is 17.7. The van der Waals surface area contributed by atoms with E-state index in [0.29, 0.717) is 33.9 Å². The Morgan fingerprint density at radius 1 is 1.32 bits per heavy atom. The molecule has 0 spiro atoms. The number of amides is 1. The van der Waals surface area contributed by atoms with Gasteiger partial charge in [-0.1, -0.05) is 18.7 Å². The van der Waals surface area contributed by atoms with Gasteiger partial charge in [-0.15, -0.1) is 0 Å². The number of nitrogens with zero attached hydrogens (tertiary/aromatic N) is 5. The second-order valence-electron chi connectivity index (χ2n) is 8.81. The number of phenolic OH excluding ortho intramolecular Hbond substituents is 1. The van der Waals surface area contributed by atoms with Gasteiger partial charge in [0.1, 0.15) is 25.1 Å². The molecule has 37 heavy (non-hydrogen) atoms. The lowest BCUT2D eigenvalue weighted by atomic mass is 10.1. The van der Waals surface area contributed by atoms with Crippen molar-refractivity contribution in [3.05, 3.63) is 54.6 Å². The second-order valence-corrected chi connectivity index (χ2v) is 8.81. The first kappa shape index (κ1) is 26.1. The van der Waals surface area contributed by atoms with E-state index in [9.17, 15) is 20.1 Å². The van der Waals surface area contributed by atoms with Crippen LogP contribution in [0.25, 0.3) is 17.2 Å². The number of benzene rings is 1. The van der Waals surface area contributed by atoms with Crippen LogP contribution in [0.3, 0.4) is 0 Å². The summed E-state index contributed by atoms with van der Waals surface area (Å²) in [4.78, 5) is 27.6. The molecule has 1 saturated heterocycles. The summed E-state index contributed by atoms with van der Waals surface area (Å²) in [7, 11) is 3.66. The van der Waals surface area contributed by atoms with Crippen molar-refractivity contribution in [1.29, 1.82) is 0 Å². The highest BCUT2D eigenvalue weighted by Crippen LogP contribution is 2.33. The third-order valence-corrected chi connectivity index (χ3v) is 5.97. The van der Waals surface area contributed by atoms with Crippen molar-refractivity contribution in [3.63, 3.8) is 0 Å². The van der Waals surface area contributed by atoms with Gasteiger partial charge >= 0.3 is 0 Å². The molecule has 3 heterocycles. The number of aromatic hydroxyl groups is 1. The summed E-state index contributed by atoms with van der Waals surface area (Å²) in [6, 6.07) is 3.87. The van der Waals surface area contributed by atoms with Crippen LogP contribution in [-0.2, 0) is 9.53 Å². The van der Waals surface area contributed by atoms with Gasteiger partial charge in [0.25, 0.3) is 0 Å². The Bertz CT molecular complexity index is 1320. The first-order valence-corrected chi connectivity index (χ1v) is 11.6. The maximum atomic E-state index is 13.0. The van der Waals surface area contributed by atoms with Crippen LogP contribution in [-0.4, -0.2) is 86.3 Å². The average Bonchev–Trinajstić information content (AvgIpc) is 3.44. The van der Waals surface area contributed by atoms with Crippen LogP contribution in [0.5, 0.6) is 11.5 Å². The van der Waals surface area contributed by atoms with Gasteiger partial charge in [0.2, 0.25) is 5.91 Å². The largest absolute Gasteiger partial charge is 0.504 e. The van der Waals surface area contributed by atoms with E-state index in [0.717, 1.165) is 0 Å². The molecule has 4 atom stereocenters. The Morgan fingerprint density at radius 3 is 2.78 bits per heavy atom. The molecule has 1 unspecified atom stereocenters. The minimum Gasteiger partial charge on any atom is -0.504 e. The fourth-order valence-corrected chi connectivity index (χ4v) is 4.14. The summed E-state index contributed by atoms with van der Waals surface area (Å²) in [6.45, 7) is 5.00. The molecule has 4 N–H and O–H groups in total. The smallest absolute Gasteiger partial charge is 0.247 e. The highest BCUT2D eigenvalue weighted by Gasteiger charge is 2.45. The molecule has 2 aromatic heterocycles. The lowest BCUT2D eigenvalue weighted by Crippen LogP contribution is -2.48. The van der Waals surface area contributed by atoms with Gasteiger partial charge in [-0.05, 0) is 30.7 Å². The third-order valence-electron chi connectivity index (χ3n) is 5.97. The predicted molar refractivity (Wildman–Crippen MR) is 136 cm³/mol. The summed E-state index contributed by atoms with van der Waals surface area (Å²) >= 11 is 0. The zero-order chi connectivity index (χ0) is 26.7. The number of carbonyl (C=O) groups is 1. The van der Waals surface area contributed by atoms with Crippen LogP contribution in [0.4, 0.5) is 5.82 Å². The highest BCUT2D eigenvalue weighted by molar-refractivity contribution is 5.97. The van der Waals surface area contributed by atoms with Crippen LogP contribution in [0.1, 0.15) is 18.7 Å². The molecule has 4 rings (SSSR count). The zero-order valence-electron chi connectivity index (χ0n) is 20.8. The number of ether oxygens (including phenoxy) is 2. The SMILES string of the molecule is C=CCOc1ccc(/C=C(\C)C(=O)N[C@H]2C(O)[C@H](n3cnc4c(N(C)C)ncnc43)O[C@@H]2CO)cc1O. The number of hydrogen-bond donors (Lipinski definition) is 4. The van der Waals surface area contributed by atoms with E-state index in [1.807, 2.05) is 14.1 Å². The van der Waals surface area contributed by atoms with Crippen molar-refractivity contribution < 1.29 is 29.6 Å². The molecule has 12 nitrogen and oxygen atoms in total. The third kappa shape index (κ3) is 5.26. The predicted octanol–water partition coefficient (Wildman–Crippen LogP) is 1.00. The normalized spacial score (nSPS) is 21.7. The van der Waals surface area contributed by atoms with Gasteiger partial charge in [0.05, 0.1) is 19.0 Å². The Morgan fingerprint density at radius 2 is 2.11 bits per heavy atom. The van der Waals surface area contributed by atoms with Crippen molar-refractivity contribution >= 4 is 29.0 Å². The standard InChI is InChI=1S/C25H30N6O6/c1-5-8-36-17-7-6-15(10-16(17)33)9-14(2)24(35)29-19-18(11-32)37-25(21(19)34)31-13-28-20-22(30(3)4)26-12-27-23(20)31/h5-7,9-10,12-13,18-19,21,25,32-34H,1,8,11H2,2-4H3,(H,29,35)/b14-9+/t18-,19-,21?,25-/m1/s1. The highest BCUT2D eigenvalue weighted by atomic mass is 16.5. The number of carbonyl (C=O) groups excluding carboxylic acids is 1. The number of hydrogen-bond acceptors (Lipinski definition) is 10. The number of phenols is 1. The van der Waals surface area contributed by atoms with E-state index in [-0.39, 0.29) is 12.4 Å². The number of aromatic nitrogens is 4. The molecule has 0 saturated carbocycles. The minimum absolute atomic E-state index is 0.0691. The Labute approximate surface area is 213 Å². The van der Waals surface area contributed by atoms with Crippen molar-refractivity contribution in [2.45, 2.75) is 31.4 Å². The van der Waals surface area contributed by atoms with Crippen molar-refractivity contribution in [2.75, 3.05) is 32.2 Å². The molecule has 1 aromatic carbocycles. The Balaban J connectivity index is 1.52. The van der Waals surface area contributed by atoms with Crippen LogP contribution < -0.4 is 15.0 Å². The quantitative estimate of drug-likeness (QED) is 0.242. The lowest BCUT2D eigenvalue weighted by molar-refractivity contribution is -0.119. The van der Waals surface area contributed by atoms with Gasteiger partial charge in [-0.3, -0.25) is 9.36 Å². The number of rotatable bonds is 9. The number of nitrogens with one attached hydrogen (secondary N) is 1. The van der Waals surface area contributed by atoms with E-state index < -0.39 is 37.0 Å². The van der Waals surface area contributed by atoms with Gasteiger partial charge in [-0.2, -0.15) is 0 Å². The molecule has 1 fully saturated rings. The Hall–Kier alpha value is -4.00. The van der Waals surface area contributed by atoms with E-state index in [1.165, 1.54) is 18.7 Å². The van der Waals surface area contributed by atoms with Crippen LogP contribution >= 0.6 is 0 Å². The summed E-state index contributed by atoms with van der Waals surface area (Å²) in [5.74, 6) is 0.371. The van der Waals surface area contributed by atoms with E-state index in [4.69, 9.17) is 9.47 Å². The average molecular weight is 511 g/mol. The molecule has 0 aliphatic carbocycles. The molecule has 1 aliphatic heterocycles. The van der Waals surface area contributed by atoms with Gasteiger partial charge in [0.15, 0.2) is 34.7 Å². The van der Waals surface area contributed by atoms with E-state index in [1.54, 1.807) is 40.7 Å². The molecule has 1 amide bonds. The van der Waals surface area contributed by atoms with Crippen molar-refractivity contribution in [3.8, 4) is 11.5 Å². The minimum atomic E-state index is -1.20. The summed E-state index contributed by atoms with van der Waals surface area (Å²) in [5.41, 5.74) is 1.88. The number of imidazole rings is 1. The maximum Gasteiger partial charge on any atom is 0.247 e. The fourth-order valence-electron chi connectivity index (χ4n) is 4.14. The van der Waals surface area contributed by atoms with E-state index in [2.05, 4.69) is 26.8 Å². The summed E-state index contributed by atoms with van der Waals surface area (Å²) in [6.07, 6.45) is 3.02. The number of anilines is 1. The maximum absolute atomic E-state index is 13.0. The van der Waals surface area contributed by atoms with Crippen molar-refractivity contribution in [2.24, 2.45) is 0 Å². The van der Waals surface area contributed by atoms with Crippen LogP contribution in [0.15, 0.2) is 49.1 Å². The topological polar surface area (TPSA) is 155 Å². The first-order valence-electron chi connectivity index (χ1n) is 11.6. The molecule has 1 aliphatic rings.